The summed E-state index contributed by atoms with van der Waals surface area (Å²) in [5.74, 6) is -0.852. The van der Waals surface area contributed by atoms with Gasteiger partial charge in [-0.2, -0.15) is 0 Å². The second-order valence-electron chi connectivity index (χ2n) is 5.21. The van der Waals surface area contributed by atoms with Crippen molar-refractivity contribution in [2.75, 3.05) is 31.9 Å². The van der Waals surface area contributed by atoms with Gasteiger partial charge in [0.05, 0.1) is 11.3 Å². The summed E-state index contributed by atoms with van der Waals surface area (Å²) in [6, 6.07) is 4.29. The molecule has 3 N–H and O–H groups in total. The molecule has 1 saturated heterocycles. The summed E-state index contributed by atoms with van der Waals surface area (Å²) in [6.45, 7) is 4.10. The third kappa shape index (κ3) is 3.93. The number of benzene rings is 1. The maximum Gasteiger partial charge on any atom is 0.253 e. The van der Waals surface area contributed by atoms with Gasteiger partial charge in [-0.3, -0.25) is 4.79 Å². The molecule has 2 rings (SSSR count). The molecule has 20 heavy (non-hydrogen) atoms. The summed E-state index contributed by atoms with van der Waals surface area (Å²) in [7, 11) is 0. The Morgan fingerprint density at radius 1 is 1.30 bits per heavy atom. The van der Waals surface area contributed by atoms with Crippen LogP contribution in [0.25, 0.3) is 0 Å². The van der Waals surface area contributed by atoms with Gasteiger partial charge >= 0.3 is 0 Å². The Hall–Kier alpha value is -1.62. The van der Waals surface area contributed by atoms with Gasteiger partial charge in [-0.05, 0) is 57.5 Å². The minimum Gasteiger partial charge on any atom is -0.396 e. The minimum atomic E-state index is -0.549. The Morgan fingerprint density at radius 3 is 2.80 bits per heavy atom. The zero-order valence-electron chi connectivity index (χ0n) is 11.7. The van der Waals surface area contributed by atoms with E-state index in [-0.39, 0.29) is 17.2 Å². The van der Waals surface area contributed by atoms with Gasteiger partial charge in [-0.1, -0.05) is 6.07 Å². The van der Waals surface area contributed by atoms with E-state index in [1.807, 2.05) is 0 Å². The second-order valence-corrected chi connectivity index (χ2v) is 5.21. The van der Waals surface area contributed by atoms with Crippen molar-refractivity contribution in [3.63, 3.8) is 0 Å². The molecule has 1 heterocycles. The lowest BCUT2D eigenvalue weighted by Gasteiger charge is -2.14. The topological polar surface area (TPSA) is 58.4 Å². The normalized spacial score (nSPS) is 15.4. The maximum absolute atomic E-state index is 13.2. The number of hydrogen-bond acceptors (Lipinski definition) is 3. The molecule has 110 valence electrons. The number of likely N-dealkylation sites (tertiary alicyclic amines) is 1. The van der Waals surface area contributed by atoms with Gasteiger partial charge in [0, 0.05) is 6.54 Å². The number of amides is 1. The van der Waals surface area contributed by atoms with Gasteiger partial charge in [0.15, 0.2) is 0 Å². The van der Waals surface area contributed by atoms with Gasteiger partial charge < -0.3 is 16.0 Å². The summed E-state index contributed by atoms with van der Waals surface area (Å²) >= 11 is 0. The molecule has 1 aliphatic heterocycles. The Balaban J connectivity index is 1.68. The van der Waals surface area contributed by atoms with E-state index in [9.17, 15) is 9.18 Å². The lowest BCUT2D eigenvalue weighted by molar-refractivity contribution is 0.0953. The highest BCUT2D eigenvalue weighted by Gasteiger charge is 2.12. The first kappa shape index (κ1) is 14.8. The molecule has 0 aromatic heterocycles. The fourth-order valence-corrected chi connectivity index (χ4v) is 2.50. The number of para-hydroxylation sites is 1. The van der Waals surface area contributed by atoms with E-state index in [1.165, 1.54) is 44.1 Å². The zero-order chi connectivity index (χ0) is 14.4. The van der Waals surface area contributed by atoms with Crippen molar-refractivity contribution in [3.05, 3.63) is 29.6 Å². The molecule has 1 aliphatic rings. The quantitative estimate of drug-likeness (QED) is 0.618. The third-order valence-electron chi connectivity index (χ3n) is 3.68. The average Bonchev–Trinajstić information content (AvgIpc) is 2.94. The molecular formula is C15H22FN3O. The molecule has 0 aliphatic carbocycles. The fraction of sp³-hybridized carbons (Fsp3) is 0.533. The maximum atomic E-state index is 13.2. The standard InChI is InChI=1S/C15H22FN3O/c16-13-7-5-6-12(14(13)17)15(20)18-8-1-2-9-19-10-3-4-11-19/h5-7H,1-4,8-11,17H2,(H,18,20). The van der Waals surface area contributed by atoms with Gasteiger partial charge in [-0.25, -0.2) is 4.39 Å². The van der Waals surface area contributed by atoms with E-state index in [1.54, 1.807) is 0 Å². The molecule has 0 radical (unpaired) electrons. The van der Waals surface area contributed by atoms with Gasteiger partial charge in [0.1, 0.15) is 5.82 Å². The molecule has 4 nitrogen and oxygen atoms in total. The van der Waals surface area contributed by atoms with Crippen LogP contribution in [0.15, 0.2) is 18.2 Å². The van der Waals surface area contributed by atoms with E-state index >= 15 is 0 Å². The van der Waals surface area contributed by atoms with Crippen molar-refractivity contribution in [2.24, 2.45) is 0 Å². The number of nitrogens with two attached hydrogens (primary N) is 1. The number of hydrogen-bond donors (Lipinski definition) is 2. The number of nitrogens with zero attached hydrogens (tertiary/aromatic N) is 1. The van der Waals surface area contributed by atoms with Crippen LogP contribution < -0.4 is 11.1 Å². The number of nitrogen functional groups attached to an aromatic ring is 1. The molecule has 0 spiro atoms. The van der Waals surface area contributed by atoms with Crippen LogP contribution in [0.5, 0.6) is 0 Å². The van der Waals surface area contributed by atoms with Crippen molar-refractivity contribution in [1.29, 1.82) is 0 Å². The summed E-state index contributed by atoms with van der Waals surface area (Å²) < 4.78 is 13.2. The number of anilines is 1. The molecule has 1 fully saturated rings. The van der Waals surface area contributed by atoms with Crippen molar-refractivity contribution in [2.45, 2.75) is 25.7 Å². The number of halogens is 1. The smallest absolute Gasteiger partial charge is 0.253 e. The van der Waals surface area contributed by atoms with Crippen LogP contribution in [-0.4, -0.2) is 37.0 Å². The van der Waals surface area contributed by atoms with E-state index in [2.05, 4.69) is 10.2 Å². The number of carbonyl (C=O) groups is 1. The molecule has 1 amide bonds. The van der Waals surface area contributed by atoms with E-state index < -0.39 is 5.82 Å². The first-order valence-corrected chi connectivity index (χ1v) is 7.23. The predicted octanol–water partition coefficient (Wildman–Crippen LogP) is 2.01. The third-order valence-corrected chi connectivity index (χ3v) is 3.68. The van der Waals surface area contributed by atoms with Crippen LogP contribution in [0, 0.1) is 5.82 Å². The summed E-state index contributed by atoms with van der Waals surface area (Å²) in [6.07, 6.45) is 4.60. The Morgan fingerprint density at radius 2 is 2.05 bits per heavy atom. The van der Waals surface area contributed by atoms with Gasteiger partial charge in [0.25, 0.3) is 5.91 Å². The van der Waals surface area contributed by atoms with Crippen LogP contribution in [-0.2, 0) is 0 Å². The zero-order valence-corrected chi connectivity index (χ0v) is 11.7. The number of carbonyl (C=O) groups excluding carboxylic acids is 1. The SMILES string of the molecule is Nc1c(F)cccc1C(=O)NCCCCN1CCCC1. The molecule has 0 bridgehead atoms. The van der Waals surface area contributed by atoms with Crippen LogP contribution in [0.4, 0.5) is 10.1 Å². The van der Waals surface area contributed by atoms with Crippen LogP contribution in [0.3, 0.4) is 0 Å². The Kier molecular flexibility index (Phi) is 5.35. The van der Waals surface area contributed by atoms with E-state index in [0.717, 1.165) is 19.4 Å². The summed E-state index contributed by atoms with van der Waals surface area (Å²) in [5, 5.41) is 2.79. The monoisotopic (exact) mass is 279 g/mol. The largest absolute Gasteiger partial charge is 0.396 e. The van der Waals surface area contributed by atoms with Crippen LogP contribution in [0.2, 0.25) is 0 Å². The first-order valence-electron chi connectivity index (χ1n) is 7.23. The second kappa shape index (κ2) is 7.24. The molecule has 5 heteroatoms. The number of rotatable bonds is 6. The molecule has 0 saturated carbocycles. The van der Waals surface area contributed by atoms with Gasteiger partial charge in [-0.15, -0.1) is 0 Å². The highest BCUT2D eigenvalue weighted by atomic mass is 19.1. The highest BCUT2D eigenvalue weighted by molar-refractivity contribution is 5.99. The highest BCUT2D eigenvalue weighted by Crippen LogP contribution is 2.15. The summed E-state index contributed by atoms with van der Waals surface area (Å²) in [5.41, 5.74) is 5.69. The molecular weight excluding hydrogens is 257 g/mol. The van der Waals surface area contributed by atoms with Gasteiger partial charge in [0.2, 0.25) is 0 Å². The first-order chi connectivity index (χ1) is 9.68. The van der Waals surface area contributed by atoms with Crippen molar-refractivity contribution < 1.29 is 9.18 Å². The van der Waals surface area contributed by atoms with Crippen LogP contribution in [0.1, 0.15) is 36.0 Å². The Labute approximate surface area is 119 Å². The lowest BCUT2D eigenvalue weighted by Crippen LogP contribution is -2.27. The van der Waals surface area contributed by atoms with Crippen molar-refractivity contribution in [1.82, 2.24) is 10.2 Å². The molecule has 0 atom stereocenters. The minimum absolute atomic E-state index is 0.0814. The van der Waals surface area contributed by atoms with Crippen molar-refractivity contribution in [3.8, 4) is 0 Å². The lowest BCUT2D eigenvalue weighted by atomic mass is 10.1. The summed E-state index contributed by atoms with van der Waals surface area (Å²) in [4.78, 5) is 14.3. The Bertz CT molecular complexity index is 458. The average molecular weight is 279 g/mol. The van der Waals surface area contributed by atoms with E-state index in [0.29, 0.717) is 6.54 Å². The molecule has 1 aromatic carbocycles. The number of unbranched alkanes of at least 4 members (excludes halogenated alkanes) is 1. The van der Waals surface area contributed by atoms with Crippen molar-refractivity contribution >= 4 is 11.6 Å². The van der Waals surface area contributed by atoms with E-state index in [4.69, 9.17) is 5.73 Å². The molecule has 0 unspecified atom stereocenters. The number of nitrogens with one attached hydrogen (secondary N) is 1. The predicted molar refractivity (Wildman–Crippen MR) is 78.1 cm³/mol. The fourth-order valence-electron chi connectivity index (χ4n) is 2.50. The molecule has 1 aromatic rings. The van der Waals surface area contributed by atoms with Crippen LogP contribution >= 0.6 is 0 Å².